The molecule has 0 spiro atoms. The number of nitrogens with zero attached hydrogens (tertiary/aromatic N) is 2. The highest BCUT2D eigenvalue weighted by Gasteiger charge is 2.34. The van der Waals surface area contributed by atoms with E-state index in [1.807, 2.05) is 20.8 Å². The van der Waals surface area contributed by atoms with Crippen LogP contribution in [0, 0.1) is 22.0 Å². The molecule has 0 saturated carbocycles. The van der Waals surface area contributed by atoms with Crippen LogP contribution in [0.5, 0.6) is 0 Å². The smallest absolute Gasteiger partial charge is 0.306 e. The molecule has 0 aromatic heterocycles. The van der Waals surface area contributed by atoms with Gasteiger partial charge in [0.1, 0.15) is 0 Å². The molecule has 0 bridgehead atoms. The highest BCUT2D eigenvalue weighted by atomic mass is 32.2. The normalized spacial score (nSPS) is 20.6. The number of aliphatic carboxylic acids is 1. The summed E-state index contributed by atoms with van der Waals surface area (Å²) in [4.78, 5) is 37.0. The van der Waals surface area contributed by atoms with Gasteiger partial charge in [-0.25, -0.2) is 0 Å². The van der Waals surface area contributed by atoms with Crippen LogP contribution in [0.2, 0.25) is 0 Å². The van der Waals surface area contributed by atoms with Gasteiger partial charge in [0.25, 0.3) is 11.6 Å². The van der Waals surface area contributed by atoms with Gasteiger partial charge >= 0.3 is 5.97 Å². The van der Waals surface area contributed by atoms with Crippen molar-refractivity contribution >= 4 is 29.3 Å². The highest BCUT2D eigenvalue weighted by Crippen LogP contribution is 2.32. The van der Waals surface area contributed by atoms with Crippen molar-refractivity contribution in [2.45, 2.75) is 37.3 Å². The van der Waals surface area contributed by atoms with E-state index in [4.69, 9.17) is 0 Å². The number of amides is 1. The SMILES string of the molecule is CC(C)Sc1ccc([N+](=O)[O-])cc1C(=O)N1CCC(C(=O)O)C(C)C1. The second-order valence-electron chi connectivity index (χ2n) is 6.57. The molecule has 1 heterocycles. The number of nitro benzene ring substituents is 1. The minimum Gasteiger partial charge on any atom is -0.481 e. The van der Waals surface area contributed by atoms with Crippen LogP contribution in [0.3, 0.4) is 0 Å². The third kappa shape index (κ3) is 4.50. The van der Waals surface area contributed by atoms with Gasteiger partial charge in [-0.15, -0.1) is 11.8 Å². The molecule has 1 fully saturated rings. The number of non-ortho nitro benzene ring substituents is 1. The standard InChI is InChI=1S/C17H22N2O5S/c1-10(2)25-15-5-4-12(19(23)24)8-14(15)16(20)18-7-6-13(17(21)22)11(3)9-18/h4-5,8,10-11,13H,6-7,9H2,1-3H3,(H,21,22). The Labute approximate surface area is 150 Å². The van der Waals surface area contributed by atoms with Crippen LogP contribution < -0.4 is 0 Å². The fourth-order valence-corrected chi connectivity index (χ4v) is 3.95. The Balaban J connectivity index is 2.29. The number of hydrogen-bond acceptors (Lipinski definition) is 5. The molecule has 1 aliphatic heterocycles. The molecule has 1 aromatic carbocycles. The number of carboxylic acid groups (broad SMARTS) is 1. The molecule has 2 rings (SSSR count). The molecule has 1 N–H and O–H groups in total. The second kappa shape index (κ2) is 7.86. The molecule has 0 aliphatic carbocycles. The average molecular weight is 366 g/mol. The van der Waals surface area contributed by atoms with Gasteiger partial charge in [-0.1, -0.05) is 20.8 Å². The predicted octanol–water partition coefficient (Wildman–Crippen LogP) is 3.28. The number of carbonyl (C=O) groups is 2. The van der Waals surface area contributed by atoms with E-state index in [-0.39, 0.29) is 22.8 Å². The molecule has 2 atom stereocenters. The van der Waals surface area contributed by atoms with Gasteiger partial charge in [0.2, 0.25) is 0 Å². The summed E-state index contributed by atoms with van der Waals surface area (Å²) in [5.74, 6) is -1.73. The van der Waals surface area contributed by atoms with Crippen LogP contribution in [-0.2, 0) is 4.79 Å². The lowest BCUT2D eigenvalue weighted by Crippen LogP contribution is -2.45. The van der Waals surface area contributed by atoms with Gasteiger partial charge in [0.15, 0.2) is 0 Å². The van der Waals surface area contributed by atoms with Crippen molar-refractivity contribution in [2.75, 3.05) is 13.1 Å². The predicted molar refractivity (Wildman–Crippen MR) is 94.9 cm³/mol. The van der Waals surface area contributed by atoms with E-state index in [1.165, 1.54) is 23.9 Å². The topological polar surface area (TPSA) is 101 Å². The van der Waals surface area contributed by atoms with Crippen LogP contribution >= 0.6 is 11.8 Å². The number of carbonyl (C=O) groups excluding carboxylic acids is 1. The maximum absolute atomic E-state index is 12.9. The summed E-state index contributed by atoms with van der Waals surface area (Å²) >= 11 is 1.48. The second-order valence-corrected chi connectivity index (χ2v) is 8.18. The van der Waals surface area contributed by atoms with Crippen LogP contribution in [0.25, 0.3) is 0 Å². The molecule has 8 heteroatoms. The number of nitro groups is 1. The fraction of sp³-hybridized carbons (Fsp3) is 0.529. The maximum atomic E-state index is 12.9. The average Bonchev–Trinajstić information content (AvgIpc) is 2.53. The van der Waals surface area contributed by atoms with Crippen LogP contribution in [0.1, 0.15) is 37.6 Å². The monoisotopic (exact) mass is 366 g/mol. The first-order valence-electron chi connectivity index (χ1n) is 8.18. The van der Waals surface area contributed by atoms with E-state index in [0.29, 0.717) is 30.0 Å². The minimum atomic E-state index is -0.842. The van der Waals surface area contributed by atoms with Gasteiger partial charge in [0, 0.05) is 35.4 Å². The lowest BCUT2D eigenvalue weighted by molar-refractivity contribution is -0.384. The van der Waals surface area contributed by atoms with Crippen molar-refractivity contribution in [3.63, 3.8) is 0 Å². The molecule has 0 radical (unpaired) electrons. The molecule has 2 unspecified atom stereocenters. The zero-order valence-electron chi connectivity index (χ0n) is 14.5. The number of piperidine rings is 1. The molecule has 1 aromatic rings. The summed E-state index contributed by atoms with van der Waals surface area (Å²) in [6, 6.07) is 4.34. The third-order valence-electron chi connectivity index (χ3n) is 4.28. The number of benzene rings is 1. The summed E-state index contributed by atoms with van der Waals surface area (Å²) in [5.41, 5.74) is 0.193. The molecular weight excluding hydrogens is 344 g/mol. The Morgan fingerprint density at radius 1 is 1.40 bits per heavy atom. The first kappa shape index (κ1) is 19.2. The lowest BCUT2D eigenvalue weighted by Gasteiger charge is -2.35. The van der Waals surface area contributed by atoms with E-state index >= 15 is 0 Å². The summed E-state index contributed by atoms with van der Waals surface area (Å²) < 4.78 is 0. The quantitative estimate of drug-likeness (QED) is 0.487. The number of thioether (sulfide) groups is 1. The van der Waals surface area contributed by atoms with Crippen molar-refractivity contribution in [3.05, 3.63) is 33.9 Å². The first-order valence-corrected chi connectivity index (χ1v) is 9.05. The molecule has 1 saturated heterocycles. The number of hydrogen-bond donors (Lipinski definition) is 1. The van der Waals surface area contributed by atoms with Gasteiger partial charge < -0.3 is 10.0 Å². The summed E-state index contributed by atoms with van der Waals surface area (Å²) in [5, 5.41) is 20.5. The van der Waals surface area contributed by atoms with Gasteiger partial charge in [-0.3, -0.25) is 19.7 Å². The zero-order valence-corrected chi connectivity index (χ0v) is 15.3. The minimum absolute atomic E-state index is 0.120. The molecule has 136 valence electrons. The number of carboxylic acids is 1. The van der Waals surface area contributed by atoms with Crippen molar-refractivity contribution in [1.29, 1.82) is 0 Å². The van der Waals surface area contributed by atoms with Crippen molar-refractivity contribution in [3.8, 4) is 0 Å². The van der Waals surface area contributed by atoms with Crippen molar-refractivity contribution in [1.82, 2.24) is 4.90 Å². The number of rotatable bonds is 5. The fourth-order valence-electron chi connectivity index (χ4n) is 3.02. The van der Waals surface area contributed by atoms with E-state index in [0.717, 1.165) is 0 Å². The summed E-state index contributed by atoms with van der Waals surface area (Å²) in [7, 11) is 0. The molecule has 1 amide bonds. The van der Waals surface area contributed by atoms with Crippen LogP contribution in [0.15, 0.2) is 23.1 Å². The van der Waals surface area contributed by atoms with Gasteiger partial charge in [-0.2, -0.15) is 0 Å². The number of likely N-dealkylation sites (tertiary alicyclic amines) is 1. The summed E-state index contributed by atoms with van der Waals surface area (Å²) in [6.45, 7) is 6.47. The van der Waals surface area contributed by atoms with Crippen molar-refractivity contribution in [2.24, 2.45) is 11.8 Å². The Morgan fingerprint density at radius 2 is 2.08 bits per heavy atom. The molecule has 7 nitrogen and oxygen atoms in total. The van der Waals surface area contributed by atoms with Gasteiger partial charge in [0.05, 0.1) is 16.4 Å². The molecule has 1 aliphatic rings. The first-order chi connectivity index (χ1) is 11.7. The lowest BCUT2D eigenvalue weighted by atomic mass is 9.87. The highest BCUT2D eigenvalue weighted by molar-refractivity contribution is 8.00. The summed E-state index contributed by atoms with van der Waals surface area (Å²) in [6.07, 6.45) is 0.393. The van der Waals surface area contributed by atoms with E-state index < -0.39 is 16.8 Å². The van der Waals surface area contributed by atoms with Crippen LogP contribution in [0.4, 0.5) is 5.69 Å². The van der Waals surface area contributed by atoms with E-state index in [9.17, 15) is 24.8 Å². The third-order valence-corrected chi connectivity index (χ3v) is 5.36. The van der Waals surface area contributed by atoms with E-state index in [1.54, 1.807) is 11.0 Å². The van der Waals surface area contributed by atoms with Crippen molar-refractivity contribution < 1.29 is 19.6 Å². The Bertz CT molecular complexity index is 692. The zero-order chi connectivity index (χ0) is 18.7. The van der Waals surface area contributed by atoms with E-state index in [2.05, 4.69) is 0 Å². The maximum Gasteiger partial charge on any atom is 0.306 e. The molecular formula is C17H22N2O5S. The largest absolute Gasteiger partial charge is 0.481 e. The molecule has 25 heavy (non-hydrogen) atoms. The van der Waals surface area contributed by atoms with Gasteiger partial charge in [-0.05, 0) is 18.4 Å². The Hall–Kier alpha value is -2.09. The van der Waals surface area contributed by atoms with Crippen LogP contribution in [-0.4, -0.2) is 45.1 Å². The Kier molecular flexibility index (Phi) is 6.05. The Morgan fingerprint density at radius 3 is 2.60 bits per heavy atom.